The number of fused-ring (bicyclic) bond motifs is 3. The van der Waals surface area contributed by atoms with Crippen molar-refractivity contribution >= 4 is 18.0 Å². The van der Waals surface area contributed by atoms with E-state index < -0.39 is 24.0 Å². The zero-order valence-corrected chi connectivity index (χ0v) is 17.0. The van der Waals surface area contributed by atoms with Crippen LogP contribution >= 0.6 is 0 Å². The molecule has 162 valence electrons. The number of aliphatic carboxylic acids is 1. The van der Waals surface area contributed by atoms with E-state index in [-0.39, 0.29) is 25.7 Å². The first-order chi connectivity index (χ1) is 15.0. The predicted octanol–water partition coefficient (Wildman–Crippen LogP) is 2.30. The molecule has 0 aliphatic heterocycles. The van der Waals surface area contributed by atoms with Gasteiger partial charge in [-0.05, 0) is 22.3 Å². The van der Waals surface area contributed by atoms with E-state index in [1.165, 1.54) is 13.2 Å². The molecule has 0 saturated heterocycles. The van der Waals surface area contributed by atoms with Crippen LogP contribution in [0, 0.1) is 0 Å². The summed E-state index contributed by atoms with van der Waals surface area (Å²) in [6.45, 7) is 0.112. The van der Waals surface area contributed by atoms with Crippen molar-refractivity contribution < 1.29 is 29.0 Å². The molecule has 8 heteroatoms. The van der Waals surface area contributed by atoms with Gasteiger partial charge >= 0.3 is 12.1 Å². The number of carboxylic acid groups (broad SMARTS) is 1. The molecule has 2 amide bonds. The van der Waals surface area contributed by atoms with Gasteiger partial charge in [-0.25, -0.2) is 9.59 Å². The van der Waals surface area contributed by atoms with Gasteiger partial charge in [0.15, 0.2) is 6.04 Å². The number of benzene rings is 2. The minimum absolute atomic E-state index is 0.0341. The van der Waals surface area contributed by atoms with Gasteiger partial charge in [-0.15, -0.1) is 0 Å². The van der Waals surface area contributed by atoms with Crippen molar-refractivity contribution in [2.75, 3.05) is 26.9 Å². The molecule has 1 atom stereocenters. The van der Waals surface area contributed by atoms with E-state index in [4.69, 9.17) is 14.6 Å². The lowest BCUT2D eigenvalue weighted by atomic mass is 9.98. The number of alkyl carbamates (subject to hydrolysis) is 1. The fourth-order valence-corrected chi connectivity index (χ4v) is 3.52. The molecule has 3 rings (SSSR count). The molecule has 0 saturated carbocycles. The van der Waals surface area contributed by atoms with E-state index >= 15 is 0 Å². The predicted molar refractivity (Wildman–Crippen MR) is 114 cm³/mol. The molecule has 1 aliphatic carbocycles. The average Bonchev–Trinajstić information content (AvgIpc) is 3.09. The van der Waals surface area contributed by atoms with Crippen molar-refractivity contribution in [3.8, 4) is 11.1 Å². The molecule has 0 radical (unpaired) electrons. The number of carbonyl (C=O) groups excluding carboxylic acids is 2. The molecular weight excluding hydrogens is 400 g/mol. The lowest BCUT2D eigenvalue weighted by molar-refractivity contribution is -0.142. The number of hydrogen-bond acceptors (Lipinski definition) is 5. The molecule has 0 spiro atoms. The number of carbonyl (C=O) groups is 3. The average molecular weight is 424 g/mol. The van der Waals surface area contributed by atoms with Crippen LogP contribution in [0.1, 0.15) is 17.0 Å². The number of ether oxygens (including phenoxy) is 2. The summed E-state index contributed by atoms with van der Waals surface area (Å²) in [6, 6.07) is 15.0. The third kappa shape index (κ3) is 5.49. The number of hydrogen-bond donors (Lipinski definition) is 3. The summed E-state index contributed by atoms with van der Waals surface area (Å²) in [7, 11) is 1.34. The number of rotatable bonds is 9. The van der Waals surface area contributed by atoms with E-state index in [1.807, 2.05) is 36.4 Å². The Labute approximate surface area is 179 Å². The minimum Gasteiger partial charge on any atom is -0.480 e. The number of carboxylic acids is 1. The molecule has 0 bridgehead atoms. The SMILES string of the molecule is COCC(NC(=O)/C=C/CNC(=O)OCC1c2ccccc2-c2ccccc21)C(=O)O. The molecule has 31 heavy (non-hydrogen) atoms. The fraction of sp³-hybridized carbons (Fsp3) is 0.261. The van der Waals surface area contributed by atoms with Crippen LogP contribution in [0.15, 0.2) is 60.7 Å². The Kier molecular flexibility index (Phi) is 7.40. The zero-order valence-electron chi connectivity index (χ0n) is 17.0. The van der Waals surface area contributed by atoms with Crippen LogP contribution < -0.4 is 10.6 Å². The summed E-state index contributed by atoms with van der Waals surface area (Å²) in [5.41, 5.74) is 4.54. The summed E-state index contributed by atoms with van der Waals surface area (Å²) in [4.78, 5) is 34.8. The molecule has 0 heterocycles. The van der Waals surface area contributed by atoms with Gasteiger partial charge < -0.3 is 25.2 Å². The van der Waals surface area contributed by atoms with Crippen molar-refractivity contribution in [3.05, 3.63) is 71.8 Å². The van der Waals surface area contributed by atoms with Gasteiger partial charge in [0.2, 0.25) is 5.91 Å². The maximum Gasteiger partial charge on any atom is 0.407 e. The monoisotopic (exact) mass is 424 g/mol. The van der Waals surface area contributed by atoms with Crippen molar-refractivity contribution in [2.45, 2.75) is 12.0 Å². The van der Waals surface area contributed by atoms with Gasteiger partial charge in [0, 0.05) is 25.6 Å². The third-order valence-electron chi connectivity index (χ3n) is 4.93. The van der Waals surface area contributed by atoms with Gasteiger partial charge in [-0.2, -0.15) is 0 Å². The van der Waals surface area contributed by atoms with Gasteiger partial charge in [0.25, 0.3) is 0 Å². The Morgan fingerprint density at radius 1 is 1.06 bits per heavy atom. The van der Waals surface area contributed by atoms with Crippen molar-refractivity contribution in [1.29, 1.82) is 0 Å². The maximum atomic E-state index is 12.1. The van der Waals surface area contributed by atoms with Gasteiger partial charge in [0.05, 0.1) is 6.61 Å². The standard InChI is InChI=1S/C23H24N2O6/c1-30-14-20(22(27)28)25-21(26)11-6-12-24-23(29)31-13-19-17-9-4-2-7-15(17)16-8-3-5-10-18(16)19/h2-11,19-20H,12-14H2,1H3,(H,24,29)(H,25,26)(H,27,28)/b11-6+. The van der Waals surface area contributed by atoms with E-state index in [1.54, 1.807) is 0 Å². The molecular formula is C23H24N2O6. The van der Waals surface area contributed by atoms with E-state index in [0.29, 0.717) is 0 Å². The highest BCUT2D eigenvalue weighted by atomic mass is 16.5. The van der Waals surface area contributed by atoms with Crippen LogP contribution in [0.3, 0.4) is 0 Å². The first kappa shape index (κ1) is 22.0. The second-order valence-electron chi connectivity index (χ2n) is 6.96. The van der Waals surface area contributed by atoms with Crippen molar-refractivity contribution in [2.24, 2.45) is 0 Å². The lowest BCUT2D eigenvalue weighted by Gasteiger charge is -2.14. The molecule has 0 fully saturated rings. The van der Waals surface area contributed by atoms with Crippen LogP contribution in [0.4, 0.5) is 4.79 Å². The molecule has 2 aromatic carbocycles. The van der Waals surface area contributed by atoms with Gasteiger partial charge in [0.1, 0.15) is 6.61 Å². The highest BCUT2D eigenvalue weighted by Gasteiger charge is 2.28. The van der Waals surface area contributed by atoms with Crippen LogP contribution in [0.2, 0.25) is 0 Å². The summed E-state index contributed by atoms with van der Waals surface area (Å²) in [5, 5.41) is 13.8. The van der Waals surface area contributed by atoms with Crippen LogP contribution in [-0.2, 0) is 19.1 Å². The number of methoxy groups -OCH3 is 1. The minimum atomic E-state index is -1.19. The fourth-order valence-electron chi connectivity index (χ4n) is 3.52. The Balaban J connectivity index is 1.47. The second-order valence-corrected chi connectivity index (χ2v) is 6.96. The number of amides is 2. The highest BCUT2D eigenvalue weighted by Crippen LogP contribution is 2.44. The molecule has 1 unspecified atom stereocenters. The van der Waals surface area contributed by atoms with E-state index in [9.17, 15) is 14.4 Å². The summed E-state index contributed by atoms with van der Waals surface area (Å²) < 4.78 is 10.1. The molecule has 3 N–H and O–H groups in total. The Hall–Kier alpha value is -3.65. The smallest absolute Gasteiger partial charge is 0.407 e. The Morgan fingerprint density at radius 2 is 1.68 bits per heavy atom. The number of nitrogens with one attached hydrogen (secondary N) is 2. The third-order valence-corrected chi connectivity index (χ3v) is 4.93. The Bertz CT molecular complexity index is 942. The first-order valence-corrected chi connectivity index (χ1v) is 9.79. The molecule has 2 aromatic rings. The van der Waals surface area contributed by atoms with Gasteiger partial charge in [-0.3, -0.25) is 4.79 Å². The van der Waals surface area contributed by atoms with E-state index in [0.717, 1.165) is 28.3 Å². The second kappa shape index (κ2) is 10.4. The maximum absolute atomic E-state index is 12.1. The van der Waals surface area contributed by atoms with Crippen molar-refractivity contribution in [1.82, 2.24) is 10.6 Å². The Morgan fingerprint density at radius 3 is 2.26 bits per heavy atom. The largest absolute Gasteiger partial charge is 0.480 e. The van der Waals surface area contributed by atoms with Crippen LogP contribution in [-0.4, -0.2) is 56.0 Å². The molecule has 0 aromatic heterocycles. The topological polar surface area (TPSA) is 114 Å². The lowest BCUT2D eigenvalue weighted by Crippen LogP contribution is -2.43. The molecule has 8 nitrogen and oxygen atoms in total. The summed E-state index contributed by atoms with van der Waals surface area (Å²) >= 11 is 0. The highest BCUT2D eigenvalue weighted by molar-refractivity contribution is 5.91. The quantitative estimate of drug-likeness (QED) is 0.532. The molecule has 1 aliphatic rings. The zero-order chi connectivity index (χ0) is 22.2. The summed E-state index contributed by atoms with van der Waals surface area (Å²) in [5.74, 6) is -1.83. The first-order valence-electron chi connectivity index (χ1n) is 9.79. The van der Waals surface area contributed by atoms with E-state index in [2.05, 4.69) is 22.8 Å². The van der Waals surface area contributed by atoms with Crippen LogP contribution in [0.25, 0.3) is 11.1 Å². The van der Waals surface area contributed by atoms with Crippen molar-refractivity contribution in [3.63, 3.8) is 0 Å². The van der Waals surface area contributed by atoms with Crippen LogP contribution in [0.5, 0.6) is 0 Å². The normalized spacial score (nSPS) is 13.3. The van der Waals surface area contributed by atoms with Gasteiger partial charge in [-0.1, -0.05) is 54.6 Å². The summed E-state index contributed by atoms with van der Waals surface area (Å²) in [6.07, 6.45) is 1.95.